The second-order valence-corrected chi connectivity index (χ2v) is 8.38. The van der Waals surface area contributed by atoms with Crippen molar-refractivity contribution in [3.63, 3.8) is 0 Å². The quantitative estimate of drug-likeness (QED) is 0.315. The molecule has 1 aromatic carbocycles. The van der Waals surface area contributed by atoms with E-state index in [-0.39, 0.29) is 17.7 Å². The van der Waals surface area contributed by atoms with Crippen molar-refractivity contribution in [1.29, 1.82) is 0 Å². The van der Waals surface area contributed by atoms with E-state index in [1.165, 1.54) is 62.8 Å². The second kappa shape index (κ2) is 10.1. The van der Waals surface area contributed by atoms with Crippen LogP contribution in [0.4, 0.5) is 4.39 Å². The van der Waals surface area contributed by atoms with Gasteiger partial charge in [-0.15, -0.1) is 0 Å². The number of rotatable bonds is 6. The van der Waals surface area contributed by atoms with Gasteiger partial charge in [0, 0.05) is 0 Å². The van der Waals surface area contributed by atoms with Gasteiger partial charge in [0.2, 0.25) is 0 Å². The lowest BCUT2D eigenvalue weighted by Crippen LogP contribution is -2.30. The zero-order valence-corrected chi connectivity index (χ0v) is 16.5. The molecule has 3 heteroatoms. The number of hydrogen-bond acceptors (Lipinski definition) is 2. The monoisotopic (exact) mass is 372 g/mol. The highest BCUT2D eigenvalue weighted by atomic mass is 19.1. The van der Waals surface area contributed by atoms with E-state index in [2.05, 4.69) is 19.1 Å². The number of carbonyl (C=O) groups excluding carboxylic acids is 1. The van der Waals surface area contributed by atoms with Gasteiger partial charge in [-0.3, -0.25) is 4.79 Å². The zero-order valence-electron chi connectivity index (χ0n) is 16.5. The Balaban J connectivity index is 1.40. The van der Waals surface area contributed by atoms with Crippen LogP contribution in [-0.4, -0.2) is 5.97 Å². The lowest BCUT2D eigenvalue weighted by molar-refractivity contribution is -0.140. The molecule has 0 amide bonds. The molecule has 0 radical (unpaired) electrons. The highest BCUT2D eigenvalue weighted by Gasteiger charge is 2.33. The molecule has 2 saturated carbocycles. The Kier molecular flexibility index (Phi) is 7.49. The van der Waals surface area contributed by atoms with Crippen molar-refractivity contribution in [2.75, 3.05) is 0 Å². The Bertz CT molecular complexity index is 606. The summed E-state index contributed by atoms with van der Waals surface area (Å²) < 4.78 is 18.4. The molecule has 2 nitrogen and oxygen atoms in total. The van der Waals surface area contributed by atoms with E-state index in [0.717, 1.165) is 43.4 Å². The fraction of sp³-hybridized carbons (Fsp3) is 0.625. The average molecular weight is 373 g/mol. The smallest absolute Gasteiger partial charge is 0.314 e. The number of unbranched alkanes of at least 4 members (excludes halogenated alkanes) is 1. The summed E-state index contributed by atoms with van der Waals surface area (Å²) in [5.74, 6) is 2.39. The fourth-order valence-electron chi connectivity index (χ4n) is 4.79. The first-order valence-electron chi connectivity index (χ1n) is 10.8. The van der Waals surface area contributed by atoms with E-state index in [1.54, 1.807) is 0 Å². The number of hydrogen-bond donors (Lipinski definition) is 0. The van der Waals surface area contributed by atoms with Crippen LogP contribution in [0.25, 0.3) is 0 Å². The normalized spacial score (nSPS) is 29.0. The van der Waals surface area contributed by atoms with Crippen molar-refractivity contribution in [1.82, 2.24) is 0 Å². The van der Waals surface area contributed by atoms with Gasteiger partial charge < -0.3 is 4.74 Å². The summed E-state index contributed by atoms with van der Waals surface area (Å²) in [4.78, 5) is 12.4. The van der Waals surface area contributed by atoms with Gasteiger partial charge in [0.05, 0.1) is 5.92 Å². The maximum Gasteiger partial charge on any atom is 0.314 e. The zero-order chi connectivity index (χ0) is 19.1. The standard InChI is InChI=1S/C24H33FO2/c1-2-3-4-5-18-6-8-19(9-7-18)20-10-12-21(13-11-20)24(26)27-23-16-14-22(25)15-17-23/h4-5,14-21H,2-3,6-13H2,1H3/b5-4+/t18-,19-,20?,21?. The second-order valence-electron chi connectivity index (χ2n) is 8.38. The number of ether oxygens (including phenoxy) is 1. The molecule has 27 heavy (non-hydrogen) atoms. The Labute approximate surface area is 163 Å². The first-order chi connectivity index (χ1) is 13.2. The Morgan fingerprint density at radius 1 is 1.00 bits per heavy atom. The van der Waals surface area contributed by atoms with Crippen LogP contribution in [0.3, 0.4) is 0 Å². The molecule has 148 valence electrons. The Morgan fingerprint density at radius 2 is 1.59 bits per heavy atom. The third-order valence-electron chi connectivity index (χ3n) is 6.48. The Hall–Kier alpha value is -1.64. The van der Waals surface area contributed by atoms with Gasteiger partial charge in [-0.2, -0.15) is 0 Å². The third kappa shape index (κ3) is 5.92. The molecule has 0 aliphatic heterocycles. The molecule has 0 N–H and O–H groups in total. The molecule has 0 heterocycles. The van der Waals surface area contributed by atoms with E-state index < -0.39 is 0 Å². The van der Waals surface area contributed by atoms with Gasteiger partial charge in [0.1, 0.15) is 11.6 Å². The molecule has 0 atom stereocenters. The van der Waals surface area contributed by atoms with Crippen LogP contribution < -0.4 is 4.74 Å². The van der Waals surface area contributed by atoms with Crippen LogP contribution in [0.2, 0.25) is 0 Å². The maximum absolute atomic E-state index is 13.0. The lowest BCUT2D eigenvalue weighted by atomic mass is 9.69. The molecule has 0 unspecified atom stereocenters. The summed E-state index contributed by atoms with van der Waals surface area (Å²) in [6.07, 6.45) is 16.7. The van der Waals surface area contributed by atoms with E-state index in [0.29, 0.717) is 5.75 Å². The summed E-state index contributed by atoms with van der Waals surface area (Å²) >= 11 is 0. The average Bonchev–Trinajstić information content (AvgIpc) is 2.70. The number of carbonyl (C=O) groups is 1. The number of benzene rings is 1. The largest absolute Gasteiger partial charge is 0.426 e. The SMILES string of the molecule is CCC/C=C/[C@H]1CC[C@H](C2CCC(C(=O)Oc3ccc(F)cc3)CC2)CC1. The number of allylic oxidation sites excluding steroid dienone is 2. The number of esters is 1. The minimum atomic E-state index is -0.314. The summed E-state index contributed by atoms with van der Waals surface area (Å²) in [6.45, 7) is 2.23. The molecular weight excluding hydrogens is 339 g/mol. The molecule has 0 aromatic heterocycles. The van der Waals surface area contributed by atoms with E-state index in [1.807, 2.05) is 0 Å². The van der Waals surface area contributed by atoms with Crippen LogP contribution in [0.15, 0.2) is 36.4 Å². The summed E-state index contributed by atoms with van der Waals surface area (Å²) in [7, 11) is 0. The van der Waals surface area contributed by atoms with Gasteiger partial charge in [-0.05, 0) is 99.8 Å². The van der Waals surface area contributed by atoms with Crippen molar-refractivity contribution >= 4 is 5.97 Å². The van der Waals surface area contributed by atoms with Gasteiger partial charge in [0.25, 0.3) is 0 Å². The van der Waals surface area contributed by atoms with E-state index in [4.69, 9.17) is 4.74 Å². The van der Waals surface area contributed by atoms with Crippen molar-refractivity contribution in [3.8, 4) is 5.75 Å². The highest BCUT2D eigenvalue weighted by molar-refractivity contribution is 5.75. The van der Waals surface area contributed by atoms with Crippen molar-refractivity contribution < 1.29 is 13.9 Å². The van der Waals surface area contributed by atoms with E-state index in [9.17, 15) is 9.18 Å². The van der Waals surface area contributed by atoms with Crippen LogP contribution in [-0.2, 0) is 4.79 Å². The predicted octanol–water partition coefficient (Wildman–Crippen LogP) is 6.70. The van der Waals surface area contributed by atoms with Gasteiger partial charge in [0.15, 0.2) is 0 Å². The molecule has 1 aromatic rings. The van der Waals surface area contributed by atoms with Crippen LogP contribution in [0.1, 0.15) is 71.1 Å². The maximum atomic E-state index is 13.0. The topological polar surface area (TPSA) is 26.3 Å². The molecule has 0 saturated heterocycles. The summed E-state index contributed by atoms with van der Waals surface area (Å²) in [6, 6.07) is 5.69. The lowest BCUT2D eigenvalue weighted by Gasteiger charge is -2.36. The first kappa shape index (κ1) is 20.1. The van der Waals surface area contributed by atoms with Gasteiger partial charge >= 0.3 is 5.97 Å². The predicted molar refractivity (Wildman–Crippen MR) is 107 cm³/mol. The Morgan fingerprint density at radius 3 is 2.19 bits per heavy atom. The molecule has 2 fully saturated rings. The summed E-state index contributed by atoms with van der Waals surface area (Å²) in [5.41, 5.74) is 0. The van der Waals surface area contributed by atoms with Gasteiger partial charge in [-0.1, -0.05) is 25.5 Å². The first-order valence-corrected chi connectivity index (χ1v) is 10.8. The van der Waals surface area contributed by atoms with Gasteiger partial charge in [-0.25, -0.2) is 4.39 Å². The van der Waals surface area contributed by atoms with Crippen molar-refractivity contribution in [2.24, 2.45) is 23.7 Å². The van der Waals surface area contributed by atoms with Crippen LogP contribution in [0, 0.1) is 29.5 Å². The van der Waals surface area contributed by atoms with Crippen LogP contribution >= 0.6 is 0 Å². The van der Waals surface area contributed by atoms with Crippen molar-refractivity contribution in [3.05, 3.63) is 42.2 Å². The van der Waals surface area contributed by atoms with Crippen molar-refractivity contribution in [2.45, 2.75) is 71.1 Å². The molecule has 2 aliphatic carbocycles. The van der Waals surface area contributed by atoms with E-state index >= 15 is 0 Å². The van der Waals surface area contributed by atoms with Crippen LogP contribution in [0.5, 0.6) is 5.75 Å². The molecule has 2 aliphatic rings. The number of halogens is 1. The molecular formula is C24H33FO2. The third-order valence-corrected chi connectivity index (χ3v) is 6.48. The molecule has 3 rings (SSSR count). The minimum absolute atomic E-state index is 0.000353. The summed E-state index contributed by atoms with van der Waals surface area (Å²) in [5, 5.41) is 0. The highest BCUT2D eigenvalue weighted by Crippen LogP contribution is 2.42. The fourth-order valence-corrected chi connectivity index (χ4v) is 4.79. The molecule has 0 spiro atoms. The minimum Gasteiger partial charge on any atom is -0.426 e. The molecule has 0 bridgehead atoms.